The van der Waals surface area contributed by atoms with Crippen molar-refractivity contribution in [1.29, 1.82) is 0 Å². The molecule has 1 aliphatic heterocycles. The molecule has 2 aromatic carbocycles. The number of aliphatic imine (C=N–C) groups is 2. The lowest BCUT2D eigenvalue weighted by atomic mass is 9.99. The molecule has 8 heteroatoms. The van der Waals surface area contributed by atoms with Crippen molar-refractivity contribution in [3.05, 3.63) is 193 Å². The molecule has 0 aliphatic carbocycles. The summed E-state index contributed by atoms with van der Waals surface area (Å²) < 4.78 is 0. The van der Waals surface area contributed by atoms with Gasteiger partial charge in [0.25, 0.3) is 0 Å². The van der Waals surface area contributed by atoms with Crippen LogP contribution in [0.25, 0.3) is 45.3 Å². The van der Waals surface area contributed by atoms with Crippen LogP contribution in [-0.2, 0) is 0 Å². The number of fused-ring (bicyclic) bond motifs is 2. The van der Waals surface area contributed by atoms with E-state index in [2.05, 4.69) is 58.5 Å². The lowest BCUT2D eigenvalue weighted by molar-refractivity contribution is 1.22. The van der Waals surface area contributed by atoms with Gasteiger partial charge >= 0.3 is 0 Å². The minimum Gasteiger partial charge on any atom is -0.255 e. The van der Waals surface area contributed by atoms with E-state index in [1.54, 1.807) is 24.8 Å². The van der Waals surface area contributed by atoms with E-state index >= 15 is 0 Å². The molecular formula is C44H28N8. The second-order valence-corrected chi connectivity index (χ2v) is 12.1. The molecule has 0 N–H and O–H groups in total. The van der Waals surface area contributed by atoms with E-state index in [0.29, 0.717) is 34.2 Å². The number of hydrogen-bond donors (Lipinski definition) is 0. The van der Waals surface area contributed by atoms with Crippen LogP contribution < -0.4 is 0 Å². The summed E-state index contributed by atoms with van der Waals surface area (Å²) in [4.78, 5) is 38.7. The fourth-order valence-corrected chi connectivity index (χ4v) is 6.19. The third-order valence-electron chi connectivity index (χ3n) is 8.75. The first-order valence-electron chi connectivity index (χ1n) is 16.8. The van der Waals surface area contributed by atoms with Crippen molar-refractivity contribution >= 4 is 22.8 Å². The largest absolute Gasteiger partial charge is 0.255 e. The molecular weight excluding hydrogens is 641 g/mol. The normalized spacial score (nSPS) is 12.1. The molecule has 0 spiro atoms. The maximum Gasteiger partial charge on any atom is 0.115 e. The molecule has 52 heavy (non-hydrogen) atoms. The van der Waals surface area contributed by atoms with E-state index in [1.165, 1.54) is 0 Å². The maximum absolute atomic E-state index is 5.22. The van der Waals surface area contributed by atoms with Gasteiger partial charge in [-0.15, -0.1) is 0 Å². The van der Waals surface area contributed by atoms with Crippen molar-refractivity contribution in [2.75, 3.05) is 0 Å². The Morgan fingerprint density at radius 1 is 0.269 bits per heavy atom. The van der Waals surface area contributed by atoms with Crippen molar-refractivity contribution in [1.82, 2.24) is 29.9 Å². The van der Waals surface area contributed by atoms with E-state index in [0.717, 1.165) is 56.4 Å². The molecule has 0 fully saturated rings. The van der Waals surface area contributed by atoms with Gasteiger partial charge in [-0.2, -0.15) is 0 Å². The Morgan fingerprint density at radius 2 is 0.654 bits per heavy atom. The van der Waals surface area contributed by atoms with Crippen LogP contribution in [0.2, 0.25) is 0 Å². The fourth-order valence-electron chi connectivity index (χ4n) is 6.19. The zero-order valence-electron chi connectivity index (χ0n) is 27.7. The quantitative estimate of drug-likeness (QED) is 0.175. The van der Waals surface area contributed by atoms with Gasteiger partial charge in [0.15, 0.2) is 0 Å². The molecule has 0 saturated heterocycles. The number of nitrogens with zero attached hydrogens (tertiary/aromatic N) is 8. The predicted octanol–water partition coefficient (Wildman–Crippen LogP) is 9.38. The van der Waals surface area contributed by atoms with E-state index in [1.807, 2.05) is 97.1 Å². The Labute approximate surface area is 300 Å². The van der Waals surface area contributed by atoms with Crippen molar-refractivity contribution < 1.29 is 0 Å². The van der Waals surface area contributed by atoms with Gasteiger partial charge in [-0.05, 0) is 72.8 Å². The minimum atomic E-state index is 0.685. The maximum atomic E-state index is 5.22. The fraction of sp³-hybridized carbons (Fsp3) is 0. The molecule has 0 atom stereocenters. The second kappa shape index (κ2) is 13.5. The summed E-state index contributed by atoms with van der Waals surface area (Å²) in [5.74, 6) is 0. The van der Waals surface area contributed by atoms with Gasteiger partial charge in [-0.3, -0.25) is 19.9 Å². The summed E-state index contributed by atoms with van der Waals surface area (Å²) in [6.45, 7) is 0. The Balaban J connectivity index is 1.07. The highest BCUT2D eigenvalue weighted by molar-refractivity contribution is 6.21. The number of benzene rings is 2. The molecule has 0 bridgehead atoms. The van der Waals surface area contributed by atoms with Gasteiger partial charge in [0.1, 0.15) is 11.4 Å². The number of rotatable bonds is 6. The highest BCUT2D eigenvalue weighted by Crippen LogP contribution is 2.33. The number of aromatic nitrogens is 6. The Morgan fingerprint density at radius 3 is 1.08 bits per heavy atom. The highest BCUT2D eigenvalue weighted by atomic mass is 14.9. The summed E-state index contributed by atoms with van der Waals surface area (Å²) in [6, 6.07) is 47.8. The summed E-state index contributed by atoms with van der Waals surface area (Å²) in [5, 5.41) is 0. The Hall–Kier alpha value is -7.32. The lowest BCUT2D eigenvalue weighted by Gasteiger charge is -2.17. The summed E-state index contributed by atoms with van der Waals surface area (Å²) in [7, 11) is 0. The van der Waals surface area contributed by atoms with Crippen LogP contribution in [0.15, 0.2) is 180 Å². The lowest BCUT2D eigenvalue weighted by Crippen LogP contribution is -2.12. The van der Waals surface area contributed by atoms with Crippen LogP contribution in [0.1, 0.15) is 22.5 Å². The Kier molecular flexibility index (Phi) is 7.99. The van der Waals surface area contributed by atoms with Gasteiger partial charge in [-0.25, -0.2) is 20.0 Å². The molecule has 6 aromatic heterocycles. The van der Waals surface area contributed by atoms with Crippen molar-refractivity contribution in [3.63, 3.8) is 0 Å². The number of hydrogen-bond acceptors (Lipinski definition) is 8. The zero-order chi connectivity index (χ0) is 34.7. The van der Waals surface area contributed by atoms with Crippen molar-refractivity contribution in [2.24, 2.45) is 9.98 Å². The van der Waals surface area contributed by atoms with Crippen LogP contribution in [0, 0.1) is 0 Å². The topological polar surface area (TPSA) is 102 Å². The van der Waals surface area contributed by atoms with Crippen molar-refractivity contribution in [3.8, 4) is 45.3 Å². The van der Waals surface area contributed by atoms with Crippen molar-refractivity contribution in [2.45, 2.75) is 0 Å². The molecule has 0 radical (unpaired) electrons. The summed E-state index contributed by atoms with van der Waals surface area (Å²) in [6.07, 6.45) is 7.11. The van der Waals surface area contributed by atoms with E-state index in [4.69, 9.17) is 29.9 Å². The first kappa shape index (κ1) is 30.7. The van der Waals surface area contributed by atoms with Crippen LogP contribution in [-0.4, -0.2) is 41.3 Å². The smallest absolute Gasteiger partial charge is 0.115 e. The van der Waals surface area contributed by atoms with Crippen LogP contribution in [0.3, 0.4) is 0 Å². The monoisotopic (exact) mass is 668 g/mol. The standard InChI is InChI=1S/C44H28N8/c1-3-25-45-35(9-1)37-13-5-11-33(49-37)29-17-21-31(22-18-29)41-43-39(15-7-27-47-43)52-42(44-40(51-41)16-8-28-48-44)32-23-19-30(20-24-32)34-12-6-14-38(50-34)36-10-2-4-26-46-36/h1-28H. The van der Waals surface area contributed by atoms with Crippen LogP contribution in [0.4, 0.5) is 11.4 Å². The first-order chi connectivity index (χ1) is 25.8. The third-order valence-corrected chi connectivity index (χ3v) is 8.75. The Bertz CT molecular complexity index is 2420. The average molecular weight is 669 g/mol. The SMILES string of the molecule is c1ccc(-c2cccc(-c3ccc(C4=Nc5cccnc5C(c5ccc(-c6cccc(-c7ccccn7)n6)cc5)=Nc5cccnc54)cc3)n2)nc1. The third kappa shape index (κ3) is 6.05. The second-order valence-electron chi connectivity index (χ2n) is 12.1. The molecule has 9 rings (SSSR count). The highest BCUT2D eigenvalue weighted by Gasteiger charge is 2.22. The molecule has 1 aliphatic rings. The van der Waals surface area contributed by atoms with E-state index < -0.39 is 0 Å². The molecule has 8 aromatic rings. The molecule has 0 saturated carbocycles. The van der Waals surface area contributed by atoms with E-state index in [-0.39, 0.29) is 0 Å². The molecule has 7 heterocycles. The van der Waals surface area contributed by atoms with Crippen LogP contribution in [0.5, 0.6) is 0 Å². The van der Waals surface area contributed by atoms with Gasteiger partial charge in [0.2, 0.25) is 0 Å². The van der Waals surface area contributed by atoms with Crippen LogP contribution >= 0.6 is 0 Å². The van der Waals surface area contributed by atoms with Gasteiger partial charge in [0.05, 0.1) is 57.0 Å². The average Bonchev–Trinajstić information content (AvgIpc) is 3.22. The molecule has 0 unspecified atom stereocenters. The zero-order valence-corrected chi connectivity index (χ0v) is 27.7. The summed E-state index contributed by atoms with van der Waals surface area (Å²) >= 11 is 0. The predicted molar refractivity (Wildman–Crippen MR) is 205 cm³/mol. The number of pyridine rings is 6. The van der Waals surface area contributed by atoms with E-state index in [9.17, 15) is 0 Å². The molecule has 244 valence electrons. The van der Waals surface area contributed by atoms with Gasteiger partial charge in [0, 0.05) is 47.0 Å². The van der Waals surface area contributed by atoms with Gasteiger partial charge in [-0.1, -0.05) is 72.8 Å². The molecule has 8 nitrogen and oxygen atoms in total. The minimum absolute atomic E-state index is 0.685. The summed E-state index contributed by atoms with van der Waals surface area (Å²) in [5.41, 5.74) is 13.0. The van der Waals surface area contributed by atoms with Gasteiger partial charge < -0.3 is 0 Å². The molecule has 0 amide bonds. The first-order valence-corrected chi connectivity index (χ1v) is 16.8.